The van der Waals surface area contributed by atoms with E-state index in [0.717, 1.165) is 16.9 Å². The maximum absolute atomic E-state index is 11.7. The number of para-hydroxylation sites is 1. The standard InChI is InChI=1S/C21H22N4O3/c1-14(2)22-21(26)23-17-11-8-16(9-12-17)20-24-19(28-25-20)13-10-15-6-4-5-7-18(15)27-3/h4-14H,1-3H3,(H2,22,23,26)/b13-10+. The van der Waals surface area contributed by atoms with Crippen molar-refractivity contribution in [3.63, 3.8) is 0 Å². The molecule has 1 heterocycles. The molecule has 28 heavy (non-hydrogen) atoms. The summed E-state index contributed by atoms with van der Waals surface area (Å²) in [5.74, 6) is 1.63. The van der Waals surface area contributed by atoms with Crippen LogP contribution in [-0.4, -0.2) is 29.3 Å². The molecule has 2 amide bonds. The molecule has 144 valence electrons. The van der Waals surface area contributed by atoms with Crippen LogP contribution in [0, 0.1) is 0 Å². The third-order valence-corrected chi connectivity index (χ3v) is 3.81. The summed E-state index contributed by atoms with van der Waals surface area (Å²) in [7, 11) is 1.63. The molecule has 0 aliphatic rings. The molecule has 0 atom stereocenters. The van der Waals surface area contributed by atoms with E-state index in [0.29, 0.717) is 17.4 Å². The average Bonchev–Trinajstić information content (AvgIpc) is 3.15. The van der Waals surface area contributed by atoms with Crippen molar-refractivity contribution in [1.82, 2.24) is 15.5 Å². The van der Waals surface area contributed by atoms with Crippen LogP contribution in [-0.2, 0) is 0 Å². The van der Waals surface area contributed by atoms with Crippen LogP contribution in [0.15, 0.2) is 53.1 Å². The molecule has 0 aliphatic heterocycles. The molecular weight excluding hydrogens is 356 g/mol. The minimum atomic E-state index is -0.244. The average molecular weight is 378 g/mol. The first-order valence-electron chi connectivity index (χ1n) is 8.88. The van der Waals surface area contributed by atoms with Gasteiger partial charge in [0.25, 0.3) is 5.89 Å². The monoisotopic (exact) mass is 378 g/mol. The molecule has 0 saturated carbocycles. The molecule has 7 heteroatoms. The van der Waals surface area contributed by atoms with E-state index in [2.05, 4.69) is 20.8 Å². The van der Waals surface area contributed by atoms with Gasteiger partial charge in [-0.05, 0) is 50.3 Å². The van der Waals surface area contributed by atoms with Crippen molar-refractivity contribution < 1.29 is 14.1 Å². The zero-order valence-electron chi connectivity index (χ0n) is 16.0. The van der Waals surface area contributed by atoms with Gasteiger partial charge in [-0.2, -0.15) is 4.98 Å². The summed E-state index contributed by atoms with van der Waals surface area (Å²) in [5.41, 5.74) is 2.39. The highest BCUT2D eigenvalue weighted by molar-refractivity contribution is 5.89. The number of aromatic nitrogens is 2. The van der Waals surface area contributed by atoms with Crippen molar-refractivity contribution in [1.29, 1.82) is 0 Å². The largest absolute Gasteiger partial charge is 0.496 e. The molecule has 0 spiro atoms. The second-order valence-corrected chi connectivity index (χ2v) is 6.36. The first kappa shape index (κ1) is 19.2. The van der Waals surface area contributed by atoms with Crippen LogP contribution in [0.25, 0.3) is 23.5 Å². The molecule has 3 rings (SSSR count). The quantitative estimate of drug-likeness (QED) is 0.662. The van der Waals surface area contributed by atoms with Gasteiger partial charge < -0.3 is 19.9 Å². The van der Waals surface area contributed by atoms with Crippen LogP contribution in [0.4, 0.5) is 10.5 Å². The number of amides is 2. The van der Waals surface area contributed by atoms with Crippen LogP contribution in [0.1, 0.15) is 25.3 Å². The molecule has 0 radical (unpaired) electrons. The van der Waals surface area contributed by atoms with E-state index in [1.165, 1.54) is 0 Å². The number of hydrogen-bond donors (Lipinski definition) is 2. The molecular formula is C21H22N4O3. The minimum Gasteiger partial charge on any atom is -0.496 e. The fourth-order valence-electron chi connectivity index (χ4n) is 2.52. The lowest BCUT2D eigenvalue weighted by molar-refractivity contribution is 0.250. The molecule has 7 nitrogen and oxygen atoms in total. The maximum atomic E-state index is 11.7. The maximum Gasteiger partial charge on any atom is 0.319 e. The summed E-state index contributed by atoms with van der Waals surface area (Å²) in [6.07, 6.45) is 3.59. The van der Waals surface area contributed by atoms with Crippen molar-refractivity contribution in [3.8, 4) is 17.1 Å². The number of carbonyl (C=O) groups excluding carboxylic acids is 1. The summed E-state index contributed by atoms with van der Waals surface area (Å²) in [4.78, 5) is 16.1. The van der Waals surface area contributed by atoms with Gasteiger partial charge in [-0.25, -0.2) is 4.79 Å². The second kappa shape index (κ2) is 8.85. The number of anilines is 1. The Hall–Kier alpha value is -3.61. The zero-order valence-corrected chi connectivity index (χ0v) is 16.0. The van der Waals surface area contributed by atoms with Crippen molar-refractivity contribution in [2.24, 2.45) is 0 Å². The Balaban J connectivity index is 1.68. The van der Waals surface area contributed by atoms with E-state index in [4.69, 9.17) is 9.26 Å². The SMILES string of the molecule is COc1ccccc1/C=C/c1nc(-c2ccc(NC(=O)NC(C)C)cc2)no1. The highest BCUT2D eigenvalue weighted by Crippen LogP contribution is 2.22. The summed E-state index contributed by atoms with van der Waals surface area (Å²) in [6.45, 7) is 3.80. The van der Waals surface area contributed by atoms with E-state index in [9.17, 15) is 4.79 Å². The number of nitrogens with zero attached hydrogens (tertiary/aromatic N) is 2. The Bertz CT molecular complexity index is 962. The van der Waals surface area contributed by atoms with E-state index in [1.807, 2.05) is 56.3 Å². The summed E-state index contributed by atoms with van der Waals surface area (Å²) in [6, 6.07) is 14.7. The number of urea groups is 1. The Labute approximate surface area is 163 Å². The van der Waals surface area contributed by atoms with E-state index >= 15 is 0 Å². The lowest BCUT2D eigenvalue weighted by Crippen LogP contribution is -2.34. The molecule has 0 saturated heterocycles. The molecule has 0 fully saturated rings. The summed E-state index contributed by atoms with van der Waals surface area (Å²) < 4.78 is 10.6. The van der Waals surface area contributed by atoms with Crippen molar-refractivity contribution in [2.75, 3.05) is 12.4 Å². The molecule has 0 aliphatic carbocycles. The number of ether oxygens (including phenoxy) is 1. The molecule has 0 bridgehead atoms. The lowest BCUT2D eigenvalue weighted by atomic mass is 10.2. The normalized spacial score (nSPS) is 11.0. The number of rotatable bonds is 6. The Kier molecular flexibility index (Phi) is 6.06. The number of hydrogen-bond acceptors (Lipinski definition) is 5. The van der Waals surface area contributed by atoms with Gasteiger partial charge in [0.05, 0.1) is 7.11 Å². The zero-order chi connectivity index (χ0) is 19.9. The number of benzene rings is 2. The van der Waals surface area contributed by atoms with E-state index < -0.39 is 0 Å². The van der Waals surface area contributed by atoms with Gasteiger partial charge in [0.2, 0.25) is 5.82 Å². The number of nitrogens with one attached hydrogen (secondary N) is 2. The lowest BCUT2D eigenvalue weighted by Gasteiger charge is -2.10. The Morgan fingerprint density at radius 1 is 1.11 bits per heavy atom. The van der Waals surface area contributed by atoms with Crippen molar-refractivity contribution in [3.05, 3.63) is 60.0 Å². The van der Waals surface area contributed by atoms with E-state index in [1.54, 1.807) is 25.3 Å². The number of carbonyl (C=O) groups is 1. The van der Waals surface area contributed by atoms with Crippen molar-refractivity contribution >= 4 is 23.9 Å². The topological polar surface area (TPSA) is 89.3 Å². The van der Waals surface area contributed by atoms with Gasteiger partial charge >= 0.3 is 6.03 Å². The molecule has 0 unspecified atom stereocenters. The third kappa shape index (κ3) is 4.97. The summed E-state index contributed by atoms with van der Waals surface area (Å²) >= 11 is 0. The first-order chi connectivity index (χ1) is 13.5. The van der Waals surface area contributed by atoms with Gasteiger partial charge in [0.15, 0.2) is 0 Å². The molecule has 1 aromatic heterocycles. The second-order valence-electron chi connectivity index (χ2n) is 6.36. The van der Waals surface area contributed by atoms with Gasteiger partial charge in [0, 0.05) is 28.9 Å². The third-order valence-electron chi connectivity index (χ3n) is 3.81. The van der Waals surface area contributed by atoms with Crippen LogP contribution in [0.5, 0.6) is 5.75 Å². The predicted molar refractivity (Wildman–Crippen MR) is 109 cm³/mol. The smallest absolute Gasteiger partial charge is 0.319 e. The van der Waals surface area contributed by atoms with Gasteiger partial charge in [-0.15, -0.1) is 0 Å². The highest BCUT2D eigenvalue weighted by atomic mass is 16.5. The van der Waals surface area contributed by atoms with Crippen LogP contribution >= 0.6 is 0 Å². The molecule has 2 N–H and O–H groups in total. The first-order valence-corrected chi connectivity index (χ1v) is 8.88. The fourth-order valence-corrected chi connectivity index (χ4v) is 2.52. The highest BCUT2D eigenvalue weighted by Gasteiger charge is 2.08. The minimum absolute atomic E-state index is 0.0703. The Morgan fingerprint density at radius 2 is 1.86 bits per heavy atom. The van der Waals surface area contributed by atoms with Gasteiger partial charge in [-0.1, -0.05) is 23.4 Å². The van der Waals surface area contributed by atoms with Crippen LogP contribution < -0.4 is 15.4 Å². The Morgan fingerprint density at radius 3 is 2.57 bits per heavy atom. The van der Waals surface area contributed by atoms with Gasteiger partial charge in [-0.3, -0.25) is 0 Å². The molecule has 3 aromatic rings. The van der Waals surface area contributed by atoms with Crippen LogP contribution in [0.3, 0.4) is 0 Å². The molecule has 2 aromatic carbocycles. The van der Waals surface area contributed by atoms with Crippen LogP contribution in [0.2, 0.25) is 0 Å². The van der Waals surface area contributed by atoms with Crippen molar-refractivity contribution in [2.45, 2.75) is 19.9 Å². The fraction of sp³-hybridized carbons (Fsp3) is 0.190. The summed E-state index contributed by atoms with van der Waals surface area (Å²) in [5, 5.41) is 9.54. The predicted octanol–water partition coefficient (Wildman–Crippen LogP) is 4.45. The van der Waals surface area contributed by atoms with E-state index in [-0.39, 0.29) is 12.1 Å². The number of methoxy groups -OCH3 is 1. The van der Waals surface area contributed by atoms with Gasteiger partial charge in [0.1, 0.15) is 5.75 Å².